The van der Waals surface area contributed by atoms with Crippen molar-refractivity contribution < 1.29 is 9.59 Å². The molecule has 1 saturated carbocycles. The van der Waals surface area contributed by atoms with Gasteiger partial charge in [-0.25, -0.2) is 4.90 Å². The summed E-state index contributed by atoms with van der Waals surface area (Å²) in [5.74, 6) is -0.0524. The molecule has 1 aliphatic heterocycles. The van der Waals surface area contributed by atoms with E-state index >= 15 is 0 Å². The molecule has 0 radical (unpaired) electrons. The Morgan fingerprint density at radius 2 is 1.84 bits per heavy atom. The molecule has 2 fully saturated rings. The highest BCUT2D eigenvalue weighted by Gasteiger charge is 2.49. The molecule has 1 aromatic rings. The molecule has 2 amide bonds. The smallest absolute Gasteiger partial charge is 0.238 e. The highest BCUT2D eigenvalue weighted by atomic mass is 16.2. The number of imide groups is 1. The Kier molecular flexibility index (Phi) is 2.89. The van der Waals surface area contributed by atoms with E-state index in [-0.39, 0.29) is 30.2 Å². The lowest BCUT2D eigenvalue weighted by Gasteiger charge is -2.19. The molecule has 2 N–H and O–H groups in total. The third kappa shape index (κ3) is 1.78. The number of nitrogens with two attached hydrogens (primary N) is 1. The first-order chi connectivity index (χ1) is 9.13. The maximum atomic E-state index is 12.4. The molecule has 6 nitrogen and oxygen atoms in total. The lowest BCUT2D eigenvalue weighted by molar-refractivity contribution is -0.122. The van der Waals surface area contributed by atoms with Crippen molar-refractivity contribution in [3.8, 4) is 0 Å². The van der Waals surface area contributed by atoms with Crippen molar-refractivity contribution in [3.05, 3.63) is 11.8 Å². The molecule has 0 spiro atoms. The standard InChI is InChI=1S/C13H18N4O2/c1-16-7-8(6-14)11(15-16)17-12(18)9-4-2-3-5-10(9)13(17)19/h7,9-10H,2-6,14H2,1H3. The fourth-order valence-corrected chi connectivity index (χ4v) is 3.23. The topological polar surface area (TPSA) is 81.2 Å². The van der Waals surface area contributed by atoms with Gasteiger partial charge in [0.05, 0.1) is 11.8 Å². The molecule has 1 saturated heterocycles. The number of fused-ring (bicyclic) bond motifs is 1. The Bertz CT molecular complexity index is 513. The van der Waals surface area contributed by atoms with Gasteiger partial charge in [-0.1, -0.05) is 12.8 Å². The van der Waals surface area contributed by atoms with E-state index < -0.39 is 0 Å². The van der Waals surface area contributed by atoms with Crippen LogP contribution in [0.3, 0.4) is 0 Å². The van der Waals surface area contributed by atoms with Gasteiger partial charge in [0.15, 0.2) is 5.82 Å². The molecular weight excluding hydrogens is 244 g/mol. The largest absolute Gasteiger partial charge is 0.326 e. The molecule has 3 rings (SSSR count). The van der Waals surface area contributed by atoms with E-state index in [1.54, 1.807) is 17.9 Å². The number of aryl methyl sites for hydroxylation is 1. The molecule has 0 bridgehead atoms. The van der Waals surface area contributed by atoms with Crippen molar-refractivity contribution in [2.75, 3.05) is 4.90 Å². The summed E-state index contributed by atoms with van der Waals surface area (Å²) >= 11 is 0. The van der Waals surface area contributed by atoms with Gasteiger partial charge in [-0.15, -0.1) is 0 Å². The van der Waals surface area contributed by atoms with Gasteiger partial charge in [0.1, 0.15) is 0 Å². The van der Waals surface area contributed by atoms with Crippen LogP contribution in [0.1, 0.15) is 31.2 Å². The first-order valence-electron chi connectivity index (χ1n) is 6.74. The van der Waals surface area contributed by atoms with Crippen LogP contribution in [0.2, 0.25) is 0 Å². The minimum Gasteiger partial charge on any atom is -0.326 e. The number of carbonyl (C=O) groups is 2. The summed E-state index contributed by atoms with van der Waals surface area (Å²) in [7, 11) is 1.76. The van der Waals surface area contributed by atoms with E-state index in [0.717, 1.165) is 31.2 Å². The second-order valence-corrected chi connectivity index (χ2v) is 5.37. The molecule has 102 valence electrons. The molecule has 19 heavy (non-hydrogen) atoms. The first-order valence-corrected chi connectivity index (χ1v) is 6.74. The zero-order valence-corrected chi connectivity index (χ0v) is 11.0. The Labute approximate surface area is 111 Å². The van der Waals surface area contributed by atoms with E-state index in [1.165, 1.54) is 4.90 Å². The normalized spacial score (nSPS) is 26.9. The molecule has 2 aliphatic rings. The van der Waals surface area contributed by atoms with Gasteiger partial charge < -0.3 is 5.73 Å². The molecule has 0 aromatic carbocycles. The van der Waals surface area contributed by atoms with Gasteiger partial charge in [0.25, 0.3) is 0 Å². The zero-order valence-electron chi connectivity index (χ0n) is 11.0. The minimum atomic E-state index is -0.145. The van der Waals surface area contributed by atoms with Crippen molar-refractivity contribution in [2.45, 2.75) is 32.2 Å². The Morgan fingerprint density at radius 3 is 2.37 bits per heavy atom. The Hall–Kier alpha value is -1.69. The maximum Gasteiger partial charge on any atom is 0.238 e. The molecule has 2 unspecified atom stereocenters. The van der Waals surface area contributed by atoms with E-state index in [2.05, 4.69) is 5.10 Å². The third-order valence-electron chi connectivity index (χ3n) is 4.16. The summed E-state index contributed by atoms with van der Waals surface area (Å²) in [6.07, 6.45) is 5.45. The summed E-state index contributed by atoms with van der Waals surface area (Å²) in [4.78, 5) is 26.2. The number of rotatable bonds is 2. The van der Waals surface area contributed by atoms with Crippen molar-refractivity contribution in [1.82, 2.24) is 9.78 Å². The first kappa shape index (κ1) is 12.3. The van der Waals surface area contributed by atoms with Crippen LogP contribution in [0.25, 0.3) is 0 Å². The Morgan fingerprint density at radius 1 is 1.26 bits per heavy atom. The van der Waals surface area contributed by atoms with Crippen LogP contribution >= 0.6 is 0 Å². The molecule has 2 atom stereocenters. The lowest BCUT2D eigenvalue weighted by Crippen LogP contribution is -2.32. The van der Waals surface area contributed by atoms with Crippen molar-refractivity contribution in [1.29, 1.82) is 0 Å². The molecule has 1 aliphatic carbocycles. The van der Waals surface area contributed by atoms with Gasteiger partial charge in [-0.05, 0) is 12.8 Å². The predicted molar refractivity (Wildman–Crippen MR) is 69.0 cm³/mol. The van der Waals surface area contributed by atoms with Crippen molar-refractivity contribution >= 4 is 17.6 Å². The molecule has 6 heteroatoms. The fraction of sp³-hybridized carbons (Fsp3) is 0.615. The second kappa shape index (κ2) is 4.45. The highest BCUT2D eigenvalue weighted by Crippen LogP contribution is 2.40. The number of hydrogen-bond donors (Lipinski definition) is 1. The van der Waals surface area contributed by atoms with E-state index in [4.69, 9.17) is 5.73 Å². The van der Waals surface area contributed by atoms with Gasteiger partial charge in [-0.3, -0.25) is 14.3 Å². The SMILES string of the molecule is Cn1cc(CN)c(N2C(=O)C3CCCCC3C2=O)n1. The molecular formula is C13H18N4O2. The van der Waals surface area contributed by atoms with Crippen LogP contribution in [0.4, 0.5) is 5.82 Å². The van der Waals surface area contributed by atoms with Gasteiger partial charge >= 0.3 is 0 Å². The highest BCUT2D eigenvalue weighted by molar-refractivity contribution is 6.21. The Balaban J connectivity index is 2.00. The van der Waals surface area contributed by atoms with Gasteiger partial charge in [-0.2, -0.15) is 5.10 Å². The molecule has 1 aromatic heterocycles. The monoisotopic (exact) mass is 262 g/mol. The third-order valence-corrected chi connectivity index (χ3v) is 4.16. The number of hydrogen-bond acceptors (Lipinski definition) is 4. The van der Waals surface area contributed by atoms with Gasteiger partial charge in [0, 0.05) is 25.4 Å². The number of amides is 2. The van der Waals surface area contributed by atoms with Crippen LogP contribution in [-0.4, -0.2) is 21.6 Å². The predicted octanol–water partition coefficient (Wildman–Crippen LogP) is 0.558. The average Bonchev–Trinajstić information content (AvgIpc) is 2.90. The van der Waals surface area contributed by atoms with Gasteiger partial charge in [0.2, 0.25) is 11.8 Å². The number of nitrogens with zero attached hydrogens (tertiary/aromatic N) is 3. The quantitative estimate of drug-likeness (QED) is 0.789. The fourth-order valence-electron chi connectivity index (χ4n) is 3.23. The van der Waals surface area contributed by atoms with E-state index in [1.807, 2.05) is 0 Å². The lowest BCUT2D eigenvalue weighted by atomic mass is 9.81. The minimum absolute atomic E-state index is 0.0944. The summed E-state index contributed by atoms with van der Waals surface area (Å²) in [5, 5.41) is 4.24. The van der Waals surface area contributed by atoms with Crippen LogP contribution < -0.4 is 10.6 Å². The summed E-state index contributed by atoms with van der Waals surface area (Å²) < 4.78 is 1.60. The number of aromatic nitrogens is 2. The second-order valence-electron chi connectivity index (χ2n) is 5.37. The summed E-state index contributed by atoms with van der Waals surface area (Å²) in [6.45, 7) is 0.273. The van der Waals surface area contributed by atoms with E-state index in [0.29, 0.717) is 5.82 Å². The van der Waals surface area contributed by atoms with Crippen LogP contribution in [0.5, 0.6) is 0 Å². The maximum absolute atomic E-state index is 12.4. The molecule has 2 heterocycles. The average molecular weight is 262 g/mol. The van der Waals surface area contributed by atoms with Crippen molar-refractivity contribution in [3.63, 3.8) is 0 Å². The summed E-state index contributed by atoms with van der Waals surface area (Å²) in [6, 6.07) is 0. The van der Waals surface area contributed by atoms with Crippen LogP contribution in [0, 0.1) is 11.8 Å². The van der Waals surface area contributed by atoms with Crippen LogP contribution in [-0.2, 0) is 23.2 Å². The van der Waals surface area contributed by atoms with Crippen LogP contribution in [0.15, 0.2) is 6.20 Å². The number of anilines is 1. The summed E-state index contributed by atoms with van der Waals surface area (Å²) in [5.41, 5.74) is 6.41. The zero-order chi connectivity index (χ0) is 13.6. The van der Waals surface area contributed by atoms with E-state index in [9.17, 15) is 9.59 Å². The van der Waals surface area contributed by atoms with Crippen molar-refractivity contribution in [2.24, 2.45) is 24.6 Å². The number of carbonyl (C=O) groups excluding carboxylic acids is 2.